The molecule has 0 unspecified atom stereocenters. The maximum Gasteiger partial charge on any atom is 0.330 e. The lowest BCUT2D eigenvalue weighted by molar-refractivity contribution is -0.155. The number of ether oxygens (including phenoxy) is 1. The fourth-order valence-electron chi connectivity index (χ4n) is 3.84. The number of carbonyl (C=O) groups excluding carboxylic acids is 3. The number of aromatic amines is 1. The van der Waals surface area contributed by atoms with E-state index in [9.17, 15) is 24.0 Å². The highest BCUT2D eigenvalue weighted by Gasteiger charge is 2.25. The molecule has 0 bridgehead atoms. The minimum absolute atomic E-state index is 0.0802. The molecule has 0 spiro atoms. The fourth-order valence-corrected chi connectivity index (χ4v) is 3.84. The van der Waals surface area contributed by atoms with Crippen LogP contribution in [-0.2, 0) is 32.2 Å². The number of hydrogen-bond acceptors (Lipinski definition) is 7. The van der Waals surface area contributed by atoms with E-state index in [-0.39, 0.29) is 30.9 Å². The monoisotopic (exact) mass is 529 g/mol. The smallest absolute Gasteiger partial charge is 0.330 e. The molecular formula is C27H39N5O6. The van der Waals surface area contributed by atoms with Crippen LogP contribution in [-0.4, -0.2) is 40.0 Å². The van der Waals surface area contributed by atoms with Gasteiger partial charge in [0.05, 0.1) is 6.42 Å². The van der Waals surface area contributed by atoms with Gasteiger partial charge >= 0.3 is 11.7 Å². The van der Waals surface area contributed by atoms with Gasteiger partial charge in [-0.2, -0.15) is 0 Å². The van der Waals surface area contributed by atoms with Crippen LogP contribution in [0, 0.1) is 0 Å². The SMILES string of the molecule is CCCCCN(C(=O)CCC(=O)O[C@@H](C)C(=O)NCc1ccccc1)c1c(N)n(CCCC)c(=O)[nH]c1=O. The van der Waals surface area contributed by atoms with Crippen molar-refractivity contribution in [2.45, 2.75) is 84.9 Å². The number of esters is 1. The molecule has 2 rings (SSSR count). The molecular weight excluding hydrogens is 490 g/mol. The molecule has 2 aromatic rings. The summed E-state index contributed by atoms with van der Waals surface area (Å²) < 4.78 is 6.46. The number of nitrogens with zero attached hydrogens (tertiary/aromatic N) is 2. The minimum Gasteiger partial charge on any atom is -0.453 e. The highest BCUT2D eigenvalue weighted by Crippen LogP contribution is 2.20. The van der Waals surface area contributed by atoms with Crippen molar-refractivity contribution < 1.29 is 19.1 Å². The van der Waals surface area contributed by atoms with E-state index < -0.39 is 35.1 Å². The van der Waals surface area contributed by atoms with E-state index in [2.05, 4.69) is 10.3 Å². The first-order chi connectivity index (χ1) is 18.2. The van der Waals surface area contributed by atoms with Gasteiger partial charge in [0.2, 0.25) is 5.91 Å². The number of carbonyl (C=O) groups is 3. The summed E-state index contributed by atoms with van der Waals surface area (Å²) in [5, 5.41) is 2.70. The van der Waals surface area contributed by atoms with E-state index in [0.29, 0.717) is 25.9 Å². The van der Waals surface area contributed by atoms with Crippen LogP contribution in [0.1, 0.15) is 71.3 Å². The third-order valence-electron chi connectivity index (χ3n) is 6.04. The number of hydrogen-bond donors (Lipinski definition) is 3. The third-order valence-corrected chi connectivity index (χ3v) is 6.04. The van der Waals surface area contributed by atoms with E-state index in [1.807, 2.05) is 44.2 Å². The van der Waals surface area contributed by atoms with Crippen LogP contribution >= 0.6 is 0 Å². The second-order valence-electron chi connectivity index (χ2n) is 9.09. The van der Waals surface area contributed by atoms with Gasteiger partial charge in [0.25, 0.3) is 11.5 Å². The van der Waals surface area contributed by atoms with Crippen molar-refractivity contribution in [1.82, 2.24) is 14.9 Å². The molecule has 1 atom stereocenters. The molecule has 0 fully saturated rings. The van der Waals surface area contributed by atoms with Gasteiger partial charge in [0.1, 0.15) is 5.82 Å². The van der Waals surface area contributed by atoms with Gasteiger partial charge < -0.3 is 20.7 Å². The highest BCUT2D eigenvalue weighted by atomic mass is 16.5. The summed E-state index contributed by atoms with van der Waals surface area (Å²) in [6.07, 6.45) is 2.21. The van der Waals surface area contributed by atoms with Gasteiger partial charge in [0, 0.05) is 26.1 Å². The summed E-state index contributed by atoms with van der Waals surface area (Å²) in [7, 11) is 0. The van der Waals surface area contributed by atoms with E-state index in [4.69, 9.17) is 10.5 Å². The van der Waals surface area contributed by atoms with Gasteiger partial charge in [-0.15, -0.1) is 0 Å². The zero-order chi connectivity index (χ0) is 28.1. The Morgan fingerprint density at radius 2 is 1.74 bits per heavy atom. The standard InChI is InChI=1S/C27H39N5O6/c1-4-6-11-17-31(23-24(28)32(16-7-5-2)27(37)30-26(23)36)21(33)14-15-22(34)38-19(3)25(35)29-18-20-12-9-8-10-13-20/h8-10,12-13,19H,4-7,11,14-18,28H2,1-3H3,(H,29,35)(H,30,36,37)/t19-/m0/s1. The molecule has 1 heterocycles. The number of benzene rings is 1. The lowest BCUT2D eigenvalue weighted by atomic mass is 10.2. The maximum atomic E-state index is 13.2. The number of anilines is 2. The van der Waals surface area contributed by atoms with Gasteiger partial charge in [-0.1, -0.05) is 63.4 Å². The van der Waals surface area contributed by atoms with Gasteiger partial charge in [-0.05, 0) is 25.3 Å². The molecule has 4 N–H and O–H groups in total. The fraction of sp³-hybridized carbons (Fsp3) is 0.519. The van der Waals surface area contributed by atoms with Crippen LogP contribution in [0.4, 0.5) is 11.5 Å². The molecule has 1 aromatic heterocycles. The van der Waals surface area contributed by atoms with E-state index in [0.717, 1.165) is 24.8 Å². The summed E-state index contributed by atoms with van der Waals surface area (Å²) in [5.41, 5.74) is 5.64. The number of nitrogens with one attached hydrogen (secondary N) is 2. The number of rotatable bonds is 15. The van der Waals surface area contributed by atoms with Gasteiger partial charge in [-0.3, -0.25) is 28.7 Å². The van der Waals surface area contributed by atoms with Crippen molar-refractivity contribution in [3.8, 4) is 0 Å². The van der Waals surface area contributed by atoms with Crippen molar-refractivity contribution in [3.05, 3.63) is 56.7 Å². The molecule has 38 heavy (non-hydrogen) atoms. The summed E-state index contributed by atoms with van der Waals surface area (Å²) >= 11 is 0. The number of nitrogen functional groups attached to an aromatic ring is 1. The minimum atomic E-state index is -1.04. The normalized spacial score (nSPS) is 11.6. The number of H-pyrrole nitrogens is 1. The number of nitrogens with two attached hydrogens (primary N) is 1. The van der Waals surface area contributed by atoms with Crippen molar-refractivity contribution in [3.63, 3.8) is 0 Å². The predicted octanol–water partition coefficient (Wildman–Crippen LogP) is 2.47. The first kappa shape index (κ1) is 30.3. The molecule has 0 aliphatic heterocycles. The molecule has 2 amide bonds. The second-order valence-corrected chi connectivity index (χ2v) is 9.09. The average molecular weight is 530 g/mol. The molecule has 0 saturated carbocycles. The number of unbranched alkanes of at least 4 members (excludes halogenated alkanes) is 3. The predicted molar refractivity (Wildman–Crippen MR) is 146 cm³/mol. The number of amides is 2. The van der Waals surface area contributed by atoms with Crippen LogP contribution in [0.2, 0.25) is 0 Å². The lowest BCUT2D eigenvalue weighted by Gasteiger charge is -2.24. The molecule has 11 heteroatoms. The van der Waals surface area contributed by atoms with E-state index in [1.54, 1.807) is 0 Å². The van der Waals surface area contributed by atoms with Crippen LogP contribution in [0.15, 0.2) is 39.9 Å². The molecule has 0 aliphatic rings. The Bertz CT molecular complexity index is 1190. The van der Waals surface area contributed by atoms with E-state index >= 15 is 0 Å². The molecule has 11 nitrogen and oxygen atoms in total. The van der Waals surface area contributed by atoms with Crippen LogP contribution in [0.5, 0.6) is 0 Å². The van der Waals surface area contributed by atoms with Crippen LogP contribution in [0.25, 0.3) is 0 Å². The summed E-state index contributed by atoms with van der Waals surface area (Å²) in [5.74, 6) is -1.76. The van der Waals surface area contributed by atoms with Crippen LogP contribution < -0.4 is 27.2 Å². The first-order valence-corrected chi connectivity index (χ1v) is 13.1. The number of aromatic nitrogens is 2. The Balaban J connectivity index is 2.06. The Hall–Kier alpha value is -3.89. The van der Waals surface area contributed by atoms with Crippen LogP contribution in [0.3, 0.4) is 0 Å². The quantitative estimate of drug-likeness (QED) is 0.236. The van der Waals surface area contributed by atoms with Crippen molar-refractivity contribution in [2.75, 3.05) is 17.2 Å². The average Bonchev–Trinajstić information content (AvgIpc) is 2.89. The zero-order valence-electron chi connectivity index (χ0n) is 22.5. The Labute approximate surface area is 222 Å². The largest absolute Gasteiger partial charge is 0.453 e. The molecule has 208 valence electrons. The second kappa shape index (κ2) is 15.4. The summed E-state index contributed by atoms with van der Waals surface area (Å²) in [6, 6.07) is 9.31. The lowest BCUT2D eigenvalue weighted by Crippen LogP contribution is -2.42. The topological polar surface area (TPSA) is 157 Å². The van der Waals surface area contributed by atoms with Crippen molar-refractivity contribution >= 4 is 29.3 Å². The first-order valence-electron chi connectivity index (χ1n) is 13.1. The molecule has 0 saturated heterocycles. The zero-order valence-corrected chi connectivity index (χ0v) is 22.5. The third kappa shape index (κ3) is 8.89. The maximum absolute atomic E-state index is 13.2. The molecule has 1 aromatic carbocycles. The molecule has 0 radical (unpaired) electrons. The van der Waals surface area contributed by atoms with E-state index in [1.165, 1.54) is 16.4 Å². The summed E-state index contributed by atoms with van der Waals surface area (Å²) in [6.45, 7) is 6.23. The summed E-state index contributed by atoms with van der Waals surface area (Å²) in [4.78, 5) is 66.4. The molecule has 0 aliphatic carbocycles. The van der Waals surface area contributed by atoms with Gasteiger partial charge in [0.15, 0.2) is 11.8 Å². The Kier molecular flexibility index (Phi) is 12.3. The Morgan fingerprint density at radius 3 is 2.39 bits per heavy atom. The van der Waals surface area contributed by atoms with Gasteiger partial charge in [-0.25, -0.2) is 4.79 Å². The van der Waals surface area contributed by atoms with Crippen molar-refractivity contribution in [1.29, 1.82) is 0 Å². The highest BCUT2D eigenvalue weighted by molar-refractivity contribution is 5.97. The Morgan fingerprint density at radius 1 is 1.05 bits per heavy atom. The van der Waals surface area contributed by atoms with Crippen molar-refractivity contribution in [2.24, 2.45) is 0 Å².